The van der Waals surface area contributed by atoms with E-state index in [-0.39, 0.29) is 12.1 Å². The van der Waals surface area contributed by atoms with E-state index in [4.69, 9.17) is 15.2 Å². The van der Waals surface area contributed by atoms with Crippen molar-refractivity contribution in [3.8, 4) is 0 Å². The van der Waals surface area contributed by atoms with Crippen molar-refractivity contribution in [3.05, 3.63) is 0 Å². The monoisotopic (exact) mass is 229 g/mol. The van der Waals surface area contributed by atoms with E-state index in [0.717, 1.165) is 32.3 Å². The first-order valence-electron chi connectivity index (χ1n) is 6.17. The van der Waals surface area contributed by atoms with Crippen LogP contribution in [-0.2, 0) is 14.3 Å². The molecule has 0 aromatic rings. The lowest BCUT2D eigenvalue weighted by Gasteiger charge is -2.27. The number of esters is 1. The Morgan fingerprint density at radius 2 is 2.19 bits per heavy atom. The first-order valence-corrected chi connectivity index (χ1v) is 6.17. The molecule has 1 unspecified atom stereocenters. The molecular formula is C12H23NO3. The van der Waals surface area contributed by atoms with Gasteiger partial charge in [-0.2, -0.15) is 0 Å². The molecule has 0 spiro atoms. The summed E-state index contributed by atoms with van der Waals surface area (Å²) in [5, 5.41) is 0. The Kier molecular flexibility index (Phi) is 5.22. The fraction of sp³-hybridized carbons (Fsp3) is 0.917. The molecule has 1 fully saturated rings. The molecule has 94 valence electrons. The average molecular weight is 229 g/mol. The largest absolute Gasteiger partial charge is 0.462 e. The third-order valence-electron chi connectivity index (χ3n) is 3.60. The fourth-order valence-electron chi connectivity index (χ4n) is 2.01. The van der Waals surface area contributed by atoms with Crippen LogP contribution in [0.2, 0.25) is 0 Å². The Labute approximate surface area is 97.5 Å². The zero-order valence-electron chi connectivity index (χ0n) is 10.3. The van der Waals surface area contributed by atoms with Crippen LogP contribution >= 0.6 is 0 Å². The summed E-state index contributed by atoms with van der Waals surface area (Å²) in [4.78, 5) is 12.0. The van der Waals surface area contributed by atoms with Gasteiger partial charge in [-0.1, -0.05) is 13.8 Å². The van der Waals surface area contributed by atoms with E-state index in [1.54, 1.807) is 0 Å². The lowest BCUT2D eigenvalue weighted by molar-refractivity contribution is -0.159. The average Bonchev–Trinajstić information content (AvgIpc) is 2.82. The van der Waals surface area contributed by atoms with E-state index in [1.165, 1.54) is 0 Å². The number of carbonyl (C=O) groups excluding carboxylic acids is 1. The second kappa shape index (κ2) is 6.21. The first-order chi connectivity index (χ1) is 7.68. The van der Waals surface area contributed by atoms with Gasteiger partial charge in [-0.25, -0.2) is 0 Å². The lowest BCUT2D eigenvalue weighted by atomic mass is 9.82. The molecule has 0 saturated carbocycles. The van der Waals surface area contributed by atoms with Gasteiger partial charge in [0.05, 0.1) is 11.5 Å². The van der Waals surface area contributed by atoms with Crippen LogP contribution in [0, 0.1) is 5.41 Å². The molecule has 1 atom stereocenters. The third-order valence-corrected chi connectivity index (χ3v) is 3.60. The zero-order chi connectivity index (χ0) is 12.0. The predicted octanol–water partition coefficient (Wildman–Crippen LogP) is 1.47. The molecule has 0 aliphatic carbocycles. The van der Waals surface area contributed by atoms with Crippen molar-refractivity contribution in [2.75, 3.05) is 19.8 Å². The molecule has 1 heterocycles. The fourth-order valence-corrected chi connectivity index (χ4v) is 2.01. The molecule has 4 nitrogen and oxygen atoms in total. The topological polar surface area (TPSA) is 61.6 Å². The van der Waals surface area contributed by atoms with Gasteiger partial charge in [-0.05, 0) is 25.7 Å². The van der Waals surface area contributed by atoms with Crippen LogP contribution in [0.15, 0.2) is 0 Å². The maximum atomic E-state index is 12.0. The molecule has 16 heavy (non-hydrogen) atoms. The zero-order valence-corrected chi connectivity index (χ0v) is 10.3. The third kappa shape index (κ3) is 2.95. The molecule has 4 heteroatoms. The molecule has 1 aliphatic rings. The molecule has 0 amide bonds. The minimum atomic E-state index is -0.501. The Bertz CT molecular complexity index is 212. The highest BCUT2D eigenvalue weighted by Gasteiger charge is 2.35. The highest BCUT2D eigenvalue weighted by atomic mass is 16.6. The van der Waals surface area contributed by atoms with Crippen molar-refractivity contribution in [1.82, 2.24) is 0 Å². The summed E-state index contributed by atoms with van der Waals surface area (Å²) >= 11 is 0. The van der Waals surface area contributed by atoms with Crippen molar-refractivity contribution >= 4 is 5.97 Å². The first kappa shape index (κ1) is 13.5. The van der Waals surface area contributed by atoms with Crippen molar-refractivity contribution in [2.24, 2.45) is 11.1 Å². The highest BCUT2D eigenvalue weighted by molar-refractivity contribution is 5.77. The summed E-state index contributed by atoms with van der Waals surface area (Å²) in [5.41, 5.74) is 5.18. The molecule has 1 saturated heterocycles. The summed E-state index contributed by atoms with van der Waals surface area (Å²) in [6, 6.07) is 0. The second-order valence-corrected chi connectivity index (χ2v) is 4.43. The van der Waals surface area contributed by atoms with Crippen LogP contribution in [0.1, 0.15) is 39.5 Å². The van der Waals surface area contributed by atoms with Gasteiger partial charge < -0.3 is 15.2 Å². The van der Waals surface area contributed by atoms with Crippen LogP contribution in [0.3, 0.4) is 0 Å². The maximum Gasteiger partial charge on any atom is 0.313 e. The Morgan fingerprint density at radius 3 is 2.62 bits per heavy atom. The number of ether oxygens (including phenoxy) is 2. The van der Waals surface area contributed by atoms with Crippen molar-refractivity contribution in [3.63, 3.8) is 0 Å². The molecule has 1 aliphatic heterocycles. The standard InChI is InChI=1S/C12H23NO3/c1-3-12(4-2,9-13)11(14)16-8-10-6-5-7-15-10/h10H,3-9,13H2,1-2H3. The van der Waals surface area contributed by atoms with Gasteiger partial charge in [0.15, 0.2) is 0 Å². The van der Waals surface area contributed by atoms with Gasteiger partial charge in [-0.3, -0.25) is 4.79 Å². The summed E-state index contributed by atoms with van der Waals surface area (Å²) in [5.74, 6) is -0.171. The van der Waals surface area contributed by atoms with Crippen LogP contribution in [0.25, 0.3) is 0 Å². The normalized spacial score (nSPS) is 21.1. The van der Waals surface area contributed by atoms with Gasteiger partial charge in [0.1, 0.15) is 6.61 Å². The minimum Gasteiger partial charge on any atom is -0.462 e. The van der Waals surface area contributed by atoms with E-state index in [9.17, 15) is 4.79 Å². The number of carbonyl (C=O) groups is 1. The number of hydrogen-bond acceptors (Lipinski definition) is 4. The number of rotatable bonds is 6. The van der Waals surface area contributed by atoms with Crippen molar-refractivity contribution in [2.45, 2.75) is 45.6 Å². The molecule has 2 N–H and O–H groups in total. The highest BCUT2D eigenvalue weighted by Crippen LogP contribution is 2.27. The second-order valence-electron chi connectivity index (χ2n) is 4.43. The van der Waals surface area contributed by atoms with Crippen LogP contribution in [0.4, 0.5) is 0 Å². The quantitative estimate of drug-likeness (QED) is 0.701. The maximum absolute atomic E-state index is 12.0. The smallest absolute Gasteiger partial charge is 0.313 e. The molecular weight excluding hydrogens is 206 g/mol. The SMILES string of the molecule is CCC(CC)(CN)C(=O)OCC1CCCO1. The van der Waals surface area contributed by atoms with Gasteiger partial charge in [0.2, 0.25) is 0 Å². The lowest BCUT2D eigenvalue weighted by Crippen LogP contribution is -2.40. The molecule has 1 rings (SSSR count). The summed E-state index contributed by atoms with van der Waals surface area (Å²) in [6.45, 7) is 5.46. The van der Waals surface area contributed by atoms with E-state index in [2.05, 4.69) is 0 Å². The molecule has 0 aromatic heterocycles. The Hall–Kier alpha value is -0.610. The summed E-state index contributed by atoms with van der Waals surface area (Å²) in [7, 11) is 0. The van der Waals surface area contributed by atoms with E-state index >= 15 is 0 Å². The van der Waals surface area contributed by atoms with Gasteiger partial charge in [-0.15, -0.1) is 0 Å². The number of nitrogens with two attached hydrogens (primary N) is 1. The van der Waals surface area contributed by atoms with Crippen LogP contribution in [0.5, 0.6) is 0 Å². The van der Waals surface area contributed by atoms with Crippen LogP contribution in [-0.4, -0.2) is 31.8 Å². The minimum absolute atomic E-state index is 0.0909. The van der Waals surface area contributed by atoms with Gasteiger partial charge in [0, 0.05) is 13.2 Å². The molecule has 0 bridgehead atoms. The van der Waals surface area contributed by atoms with Crippen LogP contribution < -0.4 is 5.73 Å². The Morgan fingerprint density at radius 1 is 1.50 bits per heavy atom. The summed E-state index contributed by atoms with van der Waals surface area (Å²) in [6.07, 6.45) is 3.59. The van der Waals surface area contributed by atoms with Gasteiger partial charge in [0.25, 0.3) is 0 Å². The predicted molar refractivity (Wildman–Crippen MR) is 62.0 cm³/mol. The van der Waals surface area contributed by atoms with E-state index in [1.807, 2.05) is 13.8 Å². The molecule has 0 aromatic carbocycles. The van der Waals surface area contributed by atoms with Gasteiger partial charge >= 0.3 is 5.97 Å². The molecule has 0 radical (unpaired) electrons. The van der Waals surface area contributed by atoms with Crippen molar-refractivity contribution in [1.29, 1.82) is 0 Å². The van der Waals surface area contributed by atoms with E-state index < -0.39 is 5.41 Å². The van der Waals surface area contributed by atoms with Crippen molar-refractivity contribution < 1.29 is 14.3 Å². The Balaban J connectivity index is 2.42. The number of hydrogen-bond donors (Lipinski definition) is 1. The summed E-state index contributed by atoms with van der Waals surface area (Å²) < 4.78 is 10.7. The van der Waals surface area contributed by atoms with E-state index in [0.29, 0.717) is 13.2 Å².